The van der Waals surface area contributed by atoms with Crippen LogP contribution in [0.4, 0.5) is 0 Å². The third-order valence-electron chi connectivity index (χ3n) is 9.13. The molecule has 0 amide bonds. The third kappa shape index (κ3) is 36.2. The molecule has 9 atom stereocenters. The van der Waals surface area contributed by atoms with Crippen LogP contribution in [0.1, 0.15) is 197 Å². The summed E-state index contributed by atoms with van der Waals surface area (Å²) in [6.07, 6.45) is 21.8. The van der Waals surface area contributed by atoms with E-state index in [0.29, 0.717) is 17.8 Å². The third-order valence-corrected chi connectivity index (χ3v) is 10.5. The van der Waals surface area contributed by atoms with Crippen LogP contribution in [0.25, 0.3) is 0 Å². The number of rotatable bonds is 30. The van der Waals surface area contributed by atoms with Gasteiger partial charge in [-0.1, -0.05) is 159 Å². The van der Waals surface area contributed by atoms with Crippen LogP contribution in [0.15, 0.2) is 0 Å². The maximum Gasteiger partial charge on any atom is 3.00 e. The minimum Gasteiger partial charge on any atom is -0.566 e. The van der Waals surface area contributed by atoms with Gasteiger partial charge in [-0.25, -0.2) is 0 Å². The molecule has 9 nitrogen and oxygen atoms in total. The van der Waals surface area contributed by atoms with Crippen LogP contribution < -0.4 is 14.7 Å². The fraction of sp³-hybridized carbons (Fsp3) is 1.00. The molecule has 0 fully saturated rings. The molecule has 0 heterocycles. The fourth-order valence-electron chi connectivity index (χ4n) is 6.03. The molecule has 0 spiro atoms. The van der Waals surface area contributed by atoms with E-state index in [2.05, 4.69) is 62.3 Å². The van der Waals surface area contributed by atoms with Crippen molar-refractivity contribution < 1.29 is 82.8 Å². The molecule has 49 heavy (non-hydrogen) atoms. The van der Waals surface area contributed by atoms with Crippen molar-refractivity contribution in [3.8, 4) is 0 Å². The molecule has 0 aliphatic rings. The van der Waals surface area contributed by atoms with Crippen molar-refractivity contribution >= 4 is 24.8 Å². The van der Waals surface area contributed by atoms with Crippen LogP contribution in [0, 0.1) is 58.6 Å². The van der Waals surface area contributed by atoms with Crippen LogP contribution in [-0.4, -0.2) is 18.3 Å². The molecule has 0 aromatic heterocycles. The first-order chi connectivity index (χ1) is 23.0. The van der Waals surface area contributed by atoms with E-state index in [1.54, 1.807) is 0 Å². The molecular weight excluding hydrogens is 814 g/mol. The summed E-state index contributed by atoms with van der Waals surface area (Å²) in [5.41, 5.74) is 0. The van der Waals surface area contributed by atoms with Gasteiger partial charge in [0, 0.05) is 0 Å². The van der Waals surface area contributed by atoms with Crippen molar-refractivity contribution in [2.24, 2.45) is 17.8 Å². The molecule has 0 N–H and O–H groups in total. The van der Waals surface area contributed by atoms with Crippen molar-refractivity contribution in [1.29, 1.82) is 0 Å². The van der Waals surface area contributed by atoms with E-state index in [-0.39, 0.29) is 59.2 Å². The first kappa shape index (κ1) is 57.1. The first-order valence-corrected chi connectivity index (χ1v) is 22.7. The molecule has 0 bridgehead atoms. The Balaban J connectivity index is -0.000000307. The molecule has 0 aromatic carbocycles. The summed E-state index contributed by atoms with van der Waals surface area (Å²) in [6.45, 7) is 19.1. The van der Waals surface area contributed by atoms with Gasteiger partial charge in [-0.15, -0.1) is 13.6 Å². The van der Waals surface area contributed by atoms with E-state index in [0.717, 1.165) is 135 Å². The Labute approximate surface area is 338 Å². The average Bonchev–Trinajstić information content (AvgIpc) is 3.05. The maximum absolute atomic E-state index is 10.7. The first-order valence-electron chi connectivity index (χ1n) is 19.4. The van der Waals surface area contributed by atoms with Gasteiger partial charge in [-0.05, 0) is 70.0 Å². The van der Waals surface area contributed by atoms with Gasteiger partial charge in [0.1, 0.15) is 18.3 Å². The fourth-order valence-corrected chi connectivity index (χ4v) is 7.52. The largest absolute Gasteiger partial charge is 3.00 e. The van der Waals surface area contributed by atoms with Crippen molar-refractivity contribution in [2.75, 3.05) is 0 Å². The summed E-state index contributed by atoms with van der Waals surface area (Å²) >= 11 is 0. The van der Waals surface area contributed by atoms with Gasteiger partial charge in [0.05, 0.1) is 0 Å². The summed E-state index contributed by atoms with van der Waals surface area (Å²) in [5, 5.41) is 0. The predicted octanol–water partition coefficient (Wildman–Crippen LogP) is 11.4. The number of hydrogen-bond acceptors (Lipinski definition) is 9. The smallest absolute Gasteiger partial charge is 0.566 e. The van der Waals surface area contributed by atoms with Gasteiger partial charge in [0.25, 0.3) is 0 Å². The van der Waals surface area contributed by atoms with Gasteiger partial charge in [0.2, 0.25) is 0 Å². The van der Waals surface area contributed by atoms with Crippen LogP contribution >= 0.6 is 24.8 Å². The Bertz CT molecular complexity index is 657. The monoisotopic (exact) mass is 886 g/mol. The van der Waals surface area contributed by atoms with Gasteiger partial charge in [-0.2, -0.15) is 0 Å². The Morgan fingerprint density at radius 3 is 0.714 bits per heavy atom. The molecule has 0 saturated carbocycles. The SMILES string of the molecule is CCCCC(CC)C(CCCC)O[P+](=O)[O-].CCCCC(CC)C(CCCC)O[P+](=O)[O-].CCCCC(CC)C(CCCC)O[P+](=O)[O-].[Nd+3]. The molecule has 1 radical (unpaired) electrons. The predicted molar refractivity (Wildman–Crippen MR) is 196 cm³/mol. The molecule has 0 saturated heterocycles. The van der Waals surface area contributed by atoms with E-state index in [1.807, 2.05) is 0 Å². The van der Waals surface area contributed by atoms with Crippen molar-refractivity contribution in [1.82, 2.24) is 0 Å². The topological polar surface area (TPSA) is 148 Å². The molecule has 0 aliphatic carbocycles. The normalized spacial score (nSPS) is 15.6. The minimum absolute atomic E-state index is 0. The summed E-state index contributed by atoms with van der Waals surface area (Å²) < 4.78 is 47.2. The average molecular weight is 889 g/mol. The van der Waals surface area contributed by atoms with Crippen molar-refractivity contribution in [2.45, 2.75) is 215 Å². The minimum atomic E-state index is -2.71. The van der Waals surface area contributed by atoms with Crippen LogP contribution in [0.2, 0.25) is 0 Å². The van der Waals surface area contributed by atoms with Crippen molar-refractivity contribution in [3.05, 3.63) is 0 Å². The zero-order chi connectivity index (χ0) is 37.2. The summed E-state index contributed by atoms with van der Waals surface area (Å²) in [4.78, 5) is 32.0. The molecule has 289 valence electrons. The van der Waals surface area contributed by atoms with E-state index in [9.17, 15) is 28.4 Å². The zero-order valence-electron chi connectivity index (χ0n) is 32.8. The van der Waals surface area contributed by atoms with Crippen molar-refractivity contribution in [3.63, 3.8) is 0 Å². The molecular formula is C36H75NdO9P3+3. The Kier molecular flexibility index (Phi) is 49.2. The van der Waals surface area contributed by atoms with E-state index < -0.39 is 24.8 Å². The standard InChI is InChI=1S/3C12H25O3P.Nd/c3*1-4-7-9-11(6-3)12(10-8-5-2)15-16(13)14;/h3*11-12H,4-10H2,1-3H3;/q;;;+3. The number of hydrogen-bond donors (Lipinski definition) is 0. The Morgan fingerprint density at radius 2 is 0.571 bits per heavy atom. The molecule has 0 aromatic rings. The summed E-state index contributed by atoms with van der Waals surface area (Å²) in [6, 6.07) is 0. The molecule has 0 aliphatic heterocycles. The van der Waals surface area contributed by atoms with E-state index in [1.165, 1.54) is 0 Å². The van der Waals surface area contributed by atoms with Gasteiger partial charge < -0.3 is 14.7 Å². The van der Waals surface area contributed by atoms with E-state index in [4.69, 9.17) is 13.6 Å². The van der Waals surface area contributed by atoms with Gasteiger partial charge in [-0.3, -0.25) is 0 Å². The maximum atomic E-state index is 10.7. The second-order valence-electron chi connectivity index (χ2n) is 13.0. The van der Waals surface area contributed by atoms with Gasteiger partial charge in [0.15, 0.2) is 0 Å². The summed E-state index contributed by atoms with van der Waals surface area (Å²) in [5.74, 6) is 1.16. The van der Waals surface area contributed by atoms with Crippen LogP contribution in [0.3, 0.4) is 0 Å². The second kappa shape index (κ2) is 42.2. The van der Waals surface area contributed by atoms with Crippen LogP contribution in [-0.2, 0) is 27.3 Å². The summed E-state index contributed by atoms with van der Waals surface area (Å²) in [7, 11) is -8.13. The van der Waals surface area contributed by atoms with Crippen LogP contribution in [0.5, 0.6) is 0 Å². The molecule has 9 unspecified atom stereocenters. The van der Waals surface area contributed by atoms with Gasteiger partial charge >= 0.3 is 65.6 Å². The Morgan fingerprint density at radius 1 is 0.388 bits per heavy atom. The van der Waals surface area contributed by atoms with E-state index >= 15 is 0 Å². The molecule has 0 rings (SSSR count). The number of unbranched alkanes of at least 4 members (excludes halogenated alkanes) is 6. The Hall–Kier alpha value is 1.41. The molecule has 13 heteroatoms. The zero-order valence-corrected chi connectivity index (χ0v) is 38.7. The quantitative estimate of drug-likeness (QED) is 0.0643. The second-order valence-corrected chi connectivity index (χ2v) is 14.9.